The lowest BCUT2D eigenvalue weighted by Gasteiger charge is -2.68. The molecule has 2 aliphatic heterocycles. The van der Waals surface area contributed by atoms with Gasteiger partial charge in [-0.2, -0.15) is 0 Å². The van der Waals surface area contributed by atoms with E-state index in [2.05, 4.69) is 6.58 Å². The van der Waals surface area contributed by atoms with Gasteiger partial charge in [0.1, 0.15) is 17.1 Å². The van der Waals surface area contributed by atoms with Gasteiger partial charge in [-0.3, -0.25) is 14.4 Å². The van der Waals surface area contributed by atoms with Gasteiger partial charge in [0.15, 0.2) is 11.4 Å². The molecule has 11 unspecified atom stereocenters. The lowest BCUT2D eigenvalue weighted by atomic mass is 9.34. The Bertz CT molecular complexity index is 1040. The number of rotatable bonds is 0. The second-order valence-corrected chi connectivity index (χ2v) is 12.3. The second kappa shape index (κ2) is 5.17. The van der Waals surface area contributed by atoms with Crippen LogP contribution in [0.15, 0.2) is 12.2 Å². The van der Waals surface area contributed by atoms with Crippen molar-refractivity contribution in [1.82, 2.24) is 0 Å². The minimum atomic E-state index is -1.99. The molecule has 11 atom stereocenters. The Morgan fingerprint density at radius 2 is 1.72 bits per heavy atom. The molecule has 2 saturated heterocycles. The van der Waals surface area contributed by atoms with Gasteiger partial charge >= 0.3 is 11.9 Å². The molecule has 32 heavy (non-hydrogen) atoms. The second-order valence-electron chi connectivity index (χ2n) is 12.3. The number of Topliss-reactive ketones (excluding diaryl/α,β-unsaturated/α-hetero) is 1. The largest absolute Gasteiger partial charge is 0.459 e. The minimum absolute atomic E-state index is 0.116. The van der Waals surface area contributed by atoms with Crippen molar-refractivity contribution in [2.45, 2.75) is 83.7 Å². The number of aliphatic hydroxyl groups is 2. The number of hydrogen-bond acceptors (Lipinski definition) is 7. The first-order valence-corrected chi connectivity index (χ1v) is 11.8. The average Bonchev–Trinajstić information content (AvgIpc) is 3.14. The maximum Gasteiger partial charge on any atom is 0.320 e. The van der Waals surface area contributed by atoms with Crippen LogP contribution < -0.4 is 0 Å². The number of fused-ring (bicyclic) bond motifs is 7. The lowest BCUT2D eigenvalue weighted by Crippen LogP contribution is -2.70. The van der Waals surface area contributed by atoms with E-state index >= 15 is 0 Å². The van der Waals surface area contributed by atoms with Crippen LogP contribution in [0.25, 0.3) is 0 Å². The van der Waals surface area contributed by atoms with E-state index in [4.69, 9.17) is 9.47 Å². The van der Waals surface area contributed by atoms with Crippen molar-refractivity contribution in [3.8, 4) is 0 Å². The van der Waals surface area contributed by atoms with Crippen molar-refractivity contribution >= 4 is 17.7 Å². The van der Waals surface area contributed by atoms with Gasteiger partial charge in [0.25, 0.3) is 0 Å². The molecular formula is C25H32O7. The summed E-state index contributed by atoms with van der Waals surface area (Å²) in [6.07, 6.45) is 0.0602. The molecule has 0 aromatic carbocycles. The predicted octanol–water partition coefficient (Wildman–Crippen LogP) is 1.93. The van der Waals surface area contributed by atoms with E-state index < -0.39 is 62.7 Å². The Kier molecular flexibility index (Phi) is 3.37. The zero-order chi connectivity index (χ0) is 23.4. The van der Waals surface area contributed by atoms with E-state index in [-0.39, 0.29) is 17.8 Å². The summed E-state index contributed by atoms with van der Waals surface area (Å²) < 4.78 is 11.4. The zero-order valence-electron chi connectivity index (χ0n) is 19.4. The van der Waals surface area contributed by atoms with Gasteiger partial charge in [-0.05, 0) is 56.9 Å². The van der Waals surface area contributed by atoms with Crippen molar-refractivity contribution in [3.05, 3.63) is 12.2 Å². The molecule has 7 heteroatoms. The summed E-state index contributed by atoms with van der Waals surface area (Å²) in [5.41, 5.74) is -6.55. The SMILES string of the molecule is C=C1C2(C)CC3C4(C)C(O)C5CC(C)(OC5=O)C4CCC3(C)C13C(=O)OC(C)C3(O)C2=O. The van der Waals surface area contributed by atoms with Crippen molar-refractivity contribution in [2.75, 3.05) is 0 Å². The first-order chi connectivity index (χ1) is 14.7. The Hall–Kier alpha value is -1.73. The van der Waals surface area contributed by atoms with Crippen LogP contribution in [0, 0.1) is 39.4 Å². The lowest BCUT2D eigenvalue weighted by molar-refractivity contribution is -0.239. The predicted molar refractivity (Wildman–Crippen MR) is 111 cm³/mol. The van der Waals surface area contributed by atoms with Gasteiger partial charge in [0, 0.05) is 17.8 Å². The van der Waals surface area contributed by atoms with Crippen molar-refractivity contribution in [1.29, 1.82) is 0 Å². The molecule has 0 radical (unpaired) electrons. The van der Waals surface area contributed by atoms with Crippen LogP contribution in [0.5, 0.6) is 0 Å². The van der Waals surface area contributed by atoms with Crippen LogP contribution in [0.4, 0.5) is 0 Å². The monoisotopic (exact) mass is 444 g/mol. The van der Waals surface area contributed by atoms with Crippen LogP contribution in [0.2, 0.25) is 0 Å². The first-order valence-electron chi connectivity index (χ1n) is 11.8. The molecule has 4 bridgehead atoms. The molecule has 4 saturated carbocycles. The molecule has 2 heterocycles. The maximum absolute atomic E-state index is 13.9. The Labute approximate surface area is 187 Å². The van der Waals surface area contributed by atoms with Gasteiger partial charge in [0.2, 0.25) is 0 Å². The van der Waals surface area contributed by atoms with Crippen molar-refractivity contribution in [2.24, 2.45) is 39.4 Å². The molecular weight excluding hydrogens is 412 g/mol. The van der Waals surface area contributed by atoms with Gasteiger partial charge in [-0.1, -0.05) is 20.4 Å². The third kappa shape index (κ3) is 1.58. The third-order valence-electron chi connectivity index (χ3n) is 11.4. The molecule has 4 aliphatic carbocycles. The van der Waals surface area contributed by atoms with E-state index in [0.29, 0.717) is 31.3 Å². The molecule has 7 nitrogen and oxygen atoms in total. The number of esters is 2. The van der Waals surface area contributed by atoms with Gasteiger partial charge in [0.05, 0.1) is 17.4 Å². The molecule has 6 rings (SSSR count). The highest BCUT2D eigenvalue weighted by Gasteiger charge is 2.90. The highest BCUT2D eigenvalue weighted by atomic mass is 16.6. The fraction of sp³-hybridized carbons (Fsp3) is 0.800. The number of cyclic esters (lactones) is 1. The van der Waals surface area contributed by atoms with E-state index in [1.165, 1.54) is 0 Å². The number of ether oxygens (including phenoxy) is 2. The molecule has 6 aliphatic rings. The van der Waals surface area contributed by atoms with Crippen molar-refractivity contribution in [3.63, 3.8) is 0 Å². The van der Waals surface area contributed by atoms with Gasteiger partial charge in [-0.25, -0.2) is 0 Å². The third-order valence-corrected chi connectivity index (χ3v) is 11.4. The first kappa shape index (κ1) is 20.8. The number of aliphatic hydroxyl groups excluding tert-OH is 1. The molecule has 174 valence electrons. The van der Waals surface area contributed by atoms with Crippen LogP contribution in [0.1, 0.15) is 60.3 Å². The average molecular weight is 445 g/mol. The van der Waals surface area contributed by atoms with Gasteiger partial charge in [-0.15, -0.1) is 0 Å². The molecule has 0 aromatic heterocycles. The summed E-state index contributed by atoms with van der Waals surface area (Å²) in [5.74, 6) is -2.42. The fourth-order valence-corrected chi connectivity index (χ4v) is 9.99. The summed E-state index contributed by atoms with van der Waals surface area (Å²) >= 11 is 0. The highest BCUT2D eigenvalue weighted by molar-refractivity contribution is 6.10. The minimum Gasteiger partial charge on any atom is -0.459 e. The quantitative estimate of drug-likeness (QED) is 0.434. The zero-order valence-corrected chi connectivity index (χ0v) is 19.4. The summed E-state index contributed by atoms with van der Waals surface area (Å²) in [4.78, 5) is 40.2. The van der Waals surface area contributed by atoms with Crippen LogP contribution in [-0.4, -0.2) is 51.3 Å². The number of ketones is 1. The van der Waals surface area contributed by atoms with Crippen molar-refractivity contribution < 1.29 is 34.1 Å². The standard InChI is InChI=1S/C25H32O7/c1-11-20(3)10-15-21(4,24(11)19(29)31-12(2)25(24,30)18(20)28)8-7-14-22(5)9-13(17(27)32-22)16(26)23(14,15)6/h12-16,26,30H,1,7-10H2,2-6H3. The molecule has 1 spiro atoms. The topological polar surface area (TPSA) is 110 Å². The van der Waals surface area contributed by atoms with Crippen LogP contribution in [0.3, 0.4) is 0 Å². The summed E-state index contributed by atoms with van der Waals surface area (Å²) in [6.45, 7) is 13.5. The Balaban J connectivity index is 1.63. The molecule has 2 N–H and O–H groups in total. The van der Waals surface area contributed by atoms with Crippen LogP contribution in [-0.2, 0) is 23.9 Å². The van der Waals surface area contributed by atoms with E-state index in [9.17, 15) is 24.6 Å². The molecule has 6 fully saturated rings. The highest BCUT2D eigenvalue weighted by Crippen LogP contribution is 2.81. The van der Waals surface area contributed by atoms with E-state index in [1.54, 1.807) is 13.8 Å². The molecule has 0 amide bonds. The Morgan fingerprint density at radius 1 is 1.06 bits per heavy atom. The number of carbonyl (C=O) groups is 3. The number of carbonyl (C=O) groups excluding carboxylic acids is 3. The smallest absolute Gasteiger partial charge is 0.320 e. The Morgan fingerprint density at radius 3 is 2.38 bits per heavy atom. The summed E-state index contributed by atoms with van der Waals surface area (Å²) in [6, 6.07) is 0. The van der Waals surface area contributed by atoms with Crippen LogP contribution >= 0.6 is 0 Å². The normalized spacial score (nSPS) is 62.3. The van der Waals surface area contributed by atoms with E-state index in [1.807, 2.05) is 20.8 Å². The fourth-order valence-electron chi connectivity index (χ4n) is 9.99. The molecule has 0 aromatic rings. The number of hydrogen-bond donors (Lipinski definition) is 2. The van der Waals surface area contributed by atoms with E-state index in [0.717, 1.165) is 0 Å². The van der Waals surface area contributed by atoms with Gasteiger partial charge < -0.3 is 19.7 Å². The summed E-state index contributed by atoms with van der Waals surface area (Å²) in [5, 5.41) is 23.6. The summed E-state index contributed by atoms with van der Waals surface area (Å²) in [7, 11) is 0. The maximum atomic E-state index is 13.9.